The predicted octanol–water partition coefficient (Wildman–Crippen LogP) is 2.13. The van der Waals surface area contributed by atoms with Crippen LogP contribution in [-0.2, 0) is 4.74 Å². The van der Waals surface area contributed by atoms with Gasteiger partial charge in [0.1, 0.15) is 17.6 Å². The molecule has 0 bridgehead atoms. The van der Waals surface area contributed by atoms with Crippen LogP contribution in [0.25, 0.3) is 0 Å². The number of hydrogen-bond acceptors (Lipinski definition) is 4. The SMILES string of the molecule is O=C(O)c1ccc(C(=O)N2CCO[C@@H](c3ccc(F)cc3)C2)cn1. The number of hydrogen-bond donors (Lipinski definition) is 1. The van der Waals surface area contributed by atoms with Crippen LogP contribution in [0.5, 0.6) is 0 Å². The Hall–Kier alpha value is -2.80. The molecule has 24 heavy (non-hydrogen) atoms. The van der Waals surface area contributed by atoms with Crippen molar-refractivity contribution in [2.24, 2.45) is 0 Å². The topological polar surface area (TPSA) is 79.7 Å². The van der Waals surface area contributed by atoms with Gasteiger partial charge < -0.3 is 14.7 Å². The van der Waals surface area contributed by atoms with Gasteiger partial charge >= 0.3 is 5.97 Å². The average Bonchev–Trinajstić information content (AvgIpc) is 2.62. The Bertz CT molecular complexity index is 746. The minimum Gasteiger partial charge on any atom is -0.477 e. The number of amides is 1. The summed E-state index contributed by atoms with van der Waals surface area (Å²) in [5.41, 5.74) is 1.01. The van der Waals surface area contributed by atoms with Crippen molar-refractivity contribution in [2.45, 2.75) is 6.10 Å². The van der Waals surface area contributed by atoms with E-state index in [0.29, 0.717) is 25.3 Å². The number of carbonyl (C=O) groups is 2. The van der Waals surface area contributed by atoms with E-state index >= 15 is 0 Å². The van der Waals surface area contributed by atoms with E-state index in [-0.39, 0.29) is 23.5 Å². The van der Waals surface area contributed by atoms with Crippen LogP contribution in [0.2, 0.25) is 0 Å². The summed E-state index contributed by atoms with van der Waals surface area (Å²) in [5.74, 6) is -1.71. The summed E-state index contributed by atoms with van der Waals surface area (Å²) in [5, 5.41) is 8.84. The number of ether oxygens (including phenoxy) is 1. The molecular formula is C17H15FN2O4. The van der Waals surface area contributed by atoms with Gasteiger partial charge in [0.15, 0.2) is 0 Å². The molecule has 1 aromatic heterocycles. The number of carboxylic acids is 1. The lowest BCUT2D eigenvalue weighted by atomic mass is 10.1. The molecule has 1 aliphatic rings. The first-order valence-corrected chi connectivity index (χ1v) is 7.40. The van der Waals surface area contributed by atoms with Crippen LogP contribution in [0.1, 0.15) is 32.5 Å². The van der Waals surface area contributed by atoms with E-state index in [0.717, 1.165) is 5.56 Å². The van der Waals surface area contributed by atoms with Crippen molar-refractivity contribution < 1.29 is 23.8 Å². The second kappa shape index (κ2) is 6.76. The molecule has 1 N–H and O–H groups in total. The van der Waals surface area contributed by atoms with Crippen LogP contribution in [0.4, 0.5) is 4.39 Å². The van der Waals surface area contributed by atoms with Crippen LogP contribution in [-0.4, -0.2) is 46.6 Å². The molecule has 0 saturated carbocycles. The number of aromatic nitrogens is 1. The normalized spacial score (nSPS) is 17.5. The summed E-state index contributed by atoms with van der Waals surface area (Å²) in [6.45, 7) is 1.14. The molecule has 2 heterocycles. The van der Waals surface area contributed by atoms with Gasteiger partial charge in [-0.2, -0.15) is 0 Å². The molecule has 124 valence electrons. The summed E-state index contributed by atoms with van der Waals surface area (Å²) in [4.78, 5) is 28.7. The zero-order valence-corrected chi connectivity index (χ0v) is 12.7. The minimum absolute atomic E-state index is 0.113. The number of pyridine rings is 1. The lowest BCUT2D eigenvalue weighted by molar-refractivity contribution is -0.0228. The number of aromatic carboxylic acids is 1. The van der Waals surface area contributed by atoms with E-state index in [9.17, 15) is 14.0 Å². The highest BCUT2D eigenvalue weighted by Crippen LogP contribution is 2.23. The summed E-state index contributed by atoms with van der Waals surface area (Å²) < 4.78 is 18.7. The van der Waals surface area contributed by atoms with Crippen molar-refractivity contribution in [3.8, 4) is 0 Å². The monoisotopic (exact) mass is 330 g/mol. The largest absolute Gasteiger partial charge is 0.477 e. The third-order valence-electron chi connectivity index (χ3n) is 3.83. The van der Waals surface area contributed by atoms with Crippen LogP contribution in [0, 0.1) is 5.82 Å². The third-order valence-corrected chi connectivity index (χ3v) is 3.83. The van der Waals surface area contributed by atoms with Crippen molar-refractivity contribution in [2.75, 3.05) is 19.7 Å². The first kappa shape index (κ1) is 16.1. The Morgan fingerprint density at radius 3 is 2.58 bits per heavy atom. The van der Waals surface area contributed by atoms with Gasteiger partial charge in [-0.25, -0.2) is 14.2 Å². The maximum absolute atomic E-state index is 13.0. The van der Waals surface area contributed by atoms with Gasteiger partial charge in [-0.1, -0.05) is 12.1 Å². The lowest BCUT2D eigenvalue weighted by Crippen LogP contribution is -2.42. The second-order valence-electron chi connectivity index (χ2n) is 5.40. The molecule has 1 aliphatic heterocycles. The molecule has 1 saturated heterocycles. The second-order valence-corrected chi connectivity index (χ2v) is 5.40. The van der Waals surface area contributed by atoms with E-state index in [4.69, 9.17) is 9.84 Å². The Balaban J connectivity index is 1.72. The Morgan fingerprint density at radius 1 is 1.21 bits per heavy atom. The van der Waals surface area contributed by atoms with Crippen molar-refractivity contribution in [1.82, 2.24) is 9.88 Å². The van der Waals surface area contributed by atoms with Crippen molar-refractivity contribution in [3.05, 3.63) is 65.2 Å². The minimum atomic E-state index is -1.14. The summed E-state index contributed by atoms with van der Waals surface area (Å²) in [6.07, 6.45) is 0.934. The number of rotatable bonds is 3. The summed E-state index contributed by atoms with van der Waals surface area (Å²) >= 11 is 0. The Kier molecular flexibility index (Phi) is 4.52. The third kappa shape index (κ3) is 3.41. The smallest absolute Gasteiger partial charge is 0.354 e. The fraction of sp³-hybridized carbons (Fsp3) is 0.235. The number of carbonyl (C=O) groups excluding carboxylic acids is 1. The first-order valence-electron chi connectivity index (χ1n) is 7.40. The summed E-state index contributed by atoms with van der Waals surface area (Å²) in [6, 6.07) is 8.73. The molecule has 1 aromatic carbocycles. The van der Waals surface area contributed by atoms with E-state index < -0.39 is 5.97 Å². The van der Waals surface area contributed by atoms with Crippen molar-refractivity contribution in [3.63, 3.8) is 0 Å². The fourth-order valence-corrected chi connectivity index (χ4v) is 2.54. The lowest BCUT2D eigenvalue weighted by Gasteiger charge is -2.33. The maximum atomic E-state index is 13.0. The van der Waals surface area contributed by atoms with E-state index in [1.54, 1.807) is 17.0 Å². The Labute approximate surface area is 137 Å². The van der Waals surface area contributed by atoms with Gasteiger partial charge in [0.2, 0.25) is 0 Å². The molecule has 0 unspecified atom stereocenters. The molecule has 2 aromatic rings. The van der Waals surface area contributed by atoms with Crippen LogP contribution >= 0.6 is 0 Å². The molecule has 0 spiro atoms. The van der Waals surface area contributed by atoms with Gasteiger partial charge in [-0.05, 0) is 29.8 Å². The molecular weight excluding hydrogens is 315 g/mol. The molecule has 0 aliphatic carbocycles. The number of carboxylic acid groups (broad SMARTS) is 1. The van der Waals surface area contributed by atoms with Crippen molar-refractivity contribution in [1.29, 1.82) is 0 Å². The van der Waals surface area contributed by atoms with Crippen LogP contribution in [0.15, 0.2) is 42.6 Å². The number of nitrogens with zero attached hydrogens (tertiary/aromatic N) is 2. The van der Waals surface area contributed by atoms with E-state index in [2.05, 4.69) is 4.98 Å². The first-order chi connectivity index (χ1) is 11.5. The Morgan fingerprint density at radius 2 is 1.96 bits per heavy atom. The zero-order chi connectivity index (χ0) is 17.1. The molecule has 1 amide bonds. The van der Waals surface area contributed by atoms with Crippen LogP contribution in [0.3, 0.4) is 0 Å². The van der Waals surface area contributed by atoms with Gasteiger partial charge in [0.05, 0.1) is 18.7 Å². The number of benzene rings is 1. The van der Waals surface area contributed by atoms with Gasteiger partial charge in [-0.15, -0.1) is 0 Å². The maximum Gasteiger partial charge on any atom is 0.354 e. The average molecular weight is 330 g/mol. The highest BCUT2D eigenvalue weighted by molar-refractivity contribution is 5.95. The molecule has 1 fully saturated rings. The van der Waals surface area contributed by atoms with E-state index in [1.165, 1.54) is 30.5 Å². The van der Waals surface area contributed by atoms with Crippen LogP contribution < -0.4 is 0 Å². The number of halogens is 1. The quantitative estimate of drug-likeness (QED) is 0.932. The molecule has 1 atom stereocenters. The zero-order valence-electron chi connectivity index (χ0n) is 12.7. The fourth-order valence-electron chi connectivity index (χ4n) is 2.54. The molecule has 7 heteroatoms. The van der Waals surface area contributed by atoms with Crippen molar-refractivity contribution >= 4 is 11.9 Å². The predicted molar refractivity (Wildman–Crippen MR) is 82.2 cm³/mol. The van der Waals surface area contributed by atoms with Gasteiger partial charge in [0.25, 0.3) is 5.91 Å². The highest BCUT2D eigenvalue weighted by atomic mass is 19.1. The molecule has 0 radical (unpaired) electrons. The molecule has 3 rings (SSSR count). The number of morpholine rings is 1. The van der Waals surface area contributed by atoms with Gasteiger partial charge in [0, 0.05) is 12.7 Å². The highest BCUT2D eigenvalue weighted by Gasteiger charge is 2.26. The van der Waals surface area contributed by atoms with E-state index in [1.807, 2.05) is 0 Å². The summed E-state index contributed by atoms with van der Waals surface area (Å²) in [7, 11) is 0. The molecule has 6 nitrogen and oxygen atoms in total. The standard InChI is InChI=1S/C17H15FN2O4/c18-13-4-1-11(2-5-13)15-10-20(7-8-24-15)16(21)12-3-6-14(17(22)23)19-9-12/h1-6,9,15H,7-8,10H2,(H,22,23)/t15-/m1/s1. The van der Waals surface area contributed by atoms with Gasteiger partial charge in [-0.3, -0.25) is 4.79 Å².